The smallest absolute Gasteiger partial charge is 0.343 e. The number of methoxy groups -OCH3 is 2. The molecule has 10 heteroatoms. The van der Waals surface area contributed by atoms with Crippen molar-refractivity contribution in [2.75, 3.05) is 19.5 Å². The fourth-order valence-corrected chi connectivity index (χ4v) is 2.88. The molecule has 2 N–H and O–H groups in total. The fraction of sp³-hybridized carbons (Fsp3) is 0.0833. The van der Waals surface area contributed by atoms with Crippen LogP contribution in [-0.2, 0) is 9.59 Å². The lowest BCUT2D eigenvalue weighted by molar-refractivity contribution is -0.136. The molecule has 0 bridgehead atoms. The summed E-state index contributed by atoms with van der Waals surface area (Å²) in [6, 6.07) is 17.6. The van der Waals surface area contributed by atoms with Crippen LogP contribution in [0.2, 0.25) is 5.02 Å². The summed E-state index contributed by atoms with van der Waals surface area (Å²) >= 11 is 5.95. The number of rotatable bonds is 7. The Bertz CT molecular complexity index is 1230. The van der Waals surface area contributed by atoms with Crippen LogP contribution < -0.4 is 25.0 Å². The maximum Gasteiger partial charge on any atom is 0.343 e. The van der Waals surface area contributed by atoms with Crippen LogP contribution in [0.15, 0.2) is 71.8 Å². The third-order valence-corrected chi connectivity index (χ3v) is 4.75. The van der Waals surface area contributed by atoms with E-state index in [1.807, 2.05) is 0 Å². The molecule has 3 rings (SSSR count). The molecule has 0 aliphatic heterocycles. The number of para-hydroxylation sites is 1. The Hall–Kier alpha value is -4.37. The van der Waals surface area contributed by atoms with Gasteiger partial charge >= 0.3 is 17.8 Å². The topological polar surface area (TPSA) is 115 Å². The van der Waals surface area contributed by atoms with Crippen molar-refractivity contribution in [1.29, 1.82) is 0 Å². The molecule has 0 aromatic heterocycles. The summed E-state index contributed by atoms with van der Waals surface area (Å²) in [6.45, 7) is 0. The highest BCUT2D eigenvalue weighted by Crippen LogP contribution is 2.28. The molecule has 0 aliphatic rings. The number of hydrogen-bond acceptors (Lipinski definition) is 7. The summed E-state index contributed by atoms with van der Waals surface area (Å²) in [5.74, 6) is -1.39. The van der Waals surface area contributed by atoms with Crippen LogP contribution in [0.3, 0.4) is 0 Å². The number of hydrazone groups is 1. The Balaban J connectivity index is 1.61. The summed E-state index contributed by atoms with van der Waals surface area (Å²) in [5.41, 5.74) is 3.29. The fourth-order valence-electron chi connectivity index (χ4n) is 2.69. The largest absolute Gasteiger partial charge is 0.497 e. The molecule has 0 spiro atoms. The molecule has 9 nitrogen and oxygen atoms in total. The molecule has 0 heterocycles. The second-order valence-corrected chi connectivity index (χ2v) is 7.07. The van der Waals surface area contributed by atoms with Crippen LogP contribution in [0.1, 0.15) is 15.9 Å². The Kier molecular flexibility index (Phi) is 8.20. The lowest BCUT2D eigenvalue weighted by Crippen LogP contribution is -2.32. The zero-order valence-corrected chi connectivity index (χ0v) is 19.0. The summed E-state index contributed by atoms with van der Waals surface area (Å²) in [6.07, 6.45) is 1.30. The number of esters is 1. The number of amides is 2. The molecule has 174 valence electrons. The number of ether oxygens (including phenoxy) is 3. The number of hydrogen-bond donors (Lipinski definition) is 2. The van der Waals surface area contributed by atoms with E-state index in [2.05, 4.69) is 15.8 Å². The first-order valence-electron chi connectivity index (χ1n) is 9.84. The van der Waals surface area contributed by atoms with Crippen LogP contribution in [0.5, 0.6) is 17.2 Å². The van der Waals surface area contributed by atoms with Crippen LogP contribution in [-0.4, -0.2) is 38.2 Å². The molecule has 3 aromatic carbocycles. The predicted octanol–water partition coefficient (Wildman–Crippen LogP) is 3.67. The van der Waals surface area contributed by atoms with Crippen molar-refractivity contribution in [2.24, 2.45) is 5.10 Å². The van der Waals surface area contributed by atoms with Gasteiger partial charge in [0.15, 0.2) is 11.5 Å². The molecular weight excluding hydrogens is 462 g/mol. The van der Waals surface area contributed by atoms with Gasteiger partial charge in [-0.25, -0.2) is 10.2 Å². The van der Waals surface area contributed by atoms with Gasteiger partial charge in [-0.15, -0.1) is 0 Å². The van der Waals surface area contributed by atoms with Crippen molar-refractivity contribution < 1.29 is 28.6 Å². The number of halogens is 1. The number of benzene rings is 3. The van der Waals surface area contributed by atoms with Gasteiger partial charge in [-0.1, -0.05) is 23.7 Å². The highest BCUT2D eigenvalue weighted by atomic mass is 35.5. The Morgan fingerprint density at radius 2 is 1.62 bits per heavy atom. The van der Waals surface area contributed by atoms with Gasteiger partial charge in [0.05, 0.1) is 36.7 Å². The quantitative estimate of drug-likeness (QED) is 0.175. The second kappa shape index (κ2) is 11.5. The van der Waals surface area contributed by atoms with Gasteiger partial charge in [0.2, 0.25) is 0 Å². The van der Waals surface area contributed by atoms with Crippen molar-refractivity contribution in [1.82, 2.24) is 5.43 Å². The third kappa shape index (κ3) is 6.33. The predicted molar refractivity (Wildman–Crippen MR) is 127 cm³/mol. The van der Waals surface area contributed by atoms with E-state index in [9.17, 15) is 14.4 Å². The molecule has 0 unspecified atom stereocenters. The number of carbonyl (C=O) groups excluding carboxylic acids is 3. The number of nitrogens with one attached hydrogen (secondary N) is 2. The summed E-state index contributed by atoms with van der Waals surface area (Å²) in [7, 11) is 2.95. The Morgan fingerprint density at radius 3 is 2.29 bits per heavy atom. The van der Waals surface area contributed by atoms with Crippen LogP contribution in [0, 0.1) is 0 Å². The minimum atomic E-state index is -0.979. The van der Waals surface area contributed by atoms with E-state index < -0.39 is 17.8 Å². The van der Waals surface area contributed by atoms with E-state index in [1.165, 1.54) is 26.5 Å². The molecule has 3 aromatic rings. The van der Waals surface area contributed by atoms with Crippen molar-refractivity contribution in [3.05, 3.63) is 82.9 Å². The minimum Gasteiger partial charge on any atom is -0.497 e. The average Bonchev–Trinajstić information content (AvgIpc) is 2.86. The van der Waals surface area contributed by atoms with Gasteiger partial charge < -0.3 is 19.5 Å². The third-order valence-electron chi connectivity index (χ3n) is 4.42. The highest BCUT2D eigenvalue weighted by Gasteiger charge is 2.15. The van der Waals surface area contributed by atoms with E-state index >= 15 is 0 Å². The van der Waals surface area contributed by atoms with Gasteiger partial charge in [0.1, 0.15) is 5.75 Å². The van der Waals surface area contributed by atoms with Crippen LogP contribution in [0.4, 0.5) is 5.69 Å². The van der Waals surface area contributed by atoms with Crippen molar-refractivity contribution in [3.63, 3.8) is 0 Å². The SMILES string of the molecule is COc1ccc(C(=O)Oc2ccc(/C=N/NC(=O)C(=O)Nc3ccccc3Cl)cc2OC)cc1. The molecular formula is C24H20ClN3O6. The second-order valence-electron chi connectivity index (χ2n) is 6.66. The highest BCUT2D eigenvalue weighted by molar-refractivity contribution is 6.41. The first-order valence-corrected chi connectivity index (χ1v) is 10.2. The summed E-state index contributed by atoms with van der Waals surface area (Å²) in [5, 5.41) is 6.45. The molecule has 0 radical (unpaired) electrons. The van der Waals surface area contributed by atoms with Crippen LogP contribution >= 0.6 is 11.6 Å². The van der Waals surface area contributed by atoms with Crippen molar-refractivity contribution in [3.8, 4) is 17.2 Å². The van der Waals surface area contributed by atoms with E-state index in [1.54, 1.807) is 60.7 Å². The summed E-state index contributed by atoms with van der Waals surface area (Å²) in [4.78, 5) is 36.3. The van der Waals surface area contributed by atoms with E-state index in [4.69, 9.17) is 25.8 Å². The van der Waals surface area contributed by atoms with Crippen LogP contribution in [0.25, 0.3) is 0 Å². The summed E-state index contributed by atoms with van der Waals surface area (Å²) < 4.78 is 15.8. The van der Waals surface area contributed by atoms with Gasteiger partial charge in [-0.3, -0.25) is 9.59 Å². The normalized spacial score (nSPS) is 10.4. The minimum absolute atomic E-state index is 0.198. The number of nitrogens with zero attached hydrogens (tertiary/aromatic N) is 1. The van der Waals surface area contributed by atoms with E-state index in [0.717, 1.165) is 0 Å². The maximum atomic E-state index is 12.4. The van der Waals surface area contributed by atoms with Gasteiger partial charge in [0.25, 0.3) is 0 Å². The molecule has 2 amide bonds. The van der Waals surface area contributed by atoms with Crippen molar-refractivity contribution in [2.45, 2.75) is 0 Å². The van der Waals surface area contributed by atoms with E-state index in [-0.39, 0.29) is 11.5 Å². The van der Waals surface area contributed by atoms with Gasteiger partial charge in [-0.2, -0.15) is 5.10 Å². The Labute approximate surface area is 200 Å². The maximum absolute atomic E-state index is 12.4. The average molecular weight is 482 g/mol. The monoisotopic (exact) mass is 481 g/mol. The van der Waals surface area contributed by atoms with Gasteiger partial charge in [0, 0.05) is 0 Å². The first-order chi connectivity index (χ1) is 16.4. The molecule has 0 saturated carbocycles. The molecule has 34 heavy (non-hydrogen) atoms. The van der Waals surface area contributed by atoms with Gasteiger partial charge in [-0.05, 0) is 60.2 Å². The van der Waals surface area contributed by atoms with E-state index in [0.29, 0.717) is 27.6 Å². The zero-order valence-electron chi connectivity index (χ0n) is 18.2. The first kappa shape index (κ1) is 24.3. The molecule has 0 atom stereocenters. The zero-order chi connectivity index (χ0) is 24.5. The number of anilines is 1. The lowest BCUT2D eigenvalue weighted by atomic mass is 10.2. The van der Waals surface area contributed by atoms with Crippen molar-refractivity contribution >= 4 is 41.3 Å². The standard InChI is InChI=1S/C24H20ClN3O6/c1-32-17-10-8-16(9-11-17)24(31)34-20-12-7-15(13-21(20)33-2)14-26-28-23(30)22(29)27-19-6-4-3-5-18(19)25/h3-14H,1-2H3,(H,27,29)(H,28,30)/b26-14+. The molecule has 0 aliphatic carbocycles. The molecule has 0 fully saturated rings. The number of carbonyl (C=O) groups is 3. The Morgan fingerprint density at radius 1 is 0.882 bits per heavy atom. The molecule has 0 saturated heterocycles. The lowest BCUT2D eigenvalue weighted by Gasteiger charge is -2.10.